The van der Waals surface area contributed by atoms with Crippen molar-refractivity contribution in [2.24, 2.45) is 0 Å². The lowest BCUT2D eigenvalue weighted by Crippen LogP contribution is -2.12. The average Bonchev–Trinajstić information content (AvgIpc) is 2.92. The Labute approximate surface area is 110 Å². The molecule has 96 valence electrons. The smallest absolute Gasteiger partial charge is 0.137 e. The Morgan fingerprint density at radius 2 is 2.21 bits per heavy atom. The lowest BCUT2D eigenvalue weighted by Gasteiger charge is -2.08. The number of hydrogen-bond donors (Lipinski definition) is 2. The van der Waals surface area contributed by atoms with Crippen LogP contribution in [0.15, 0.2) is 43.0 Å². The summed E-state index contributed by atoms with van der Waals surface area (Å²) in [6.07, 6.45) is 5.24. The highest BCUT2D eigenvalue weighted by Gasteiger charge is 2.03. The highest BCUT2D eigenvalue weighted by Crippen LogP contribution is 2.21. The van der Waals surface area contributed by atoms with Crippen molar-refractivity contribution in [2.75, 3.05) is 17.6 Å². The number of nitrogen functional groups attached to an aromatic ring is 1. The molecule has 0 radical (unpaired) electrons. The quantitative estimate of drug-likeness (QED) is 0.690. The van der Waals surface area contributed by atoms with Crippen molar-refractivity contribution in [1.29, 1.82) is 0 Å². The minimum absolute atomic E-state index is 0.706. The van der Waals surface area contributed by atoms with Gasteiger partial charge in [-0.3, -0.25) is 4.68 Å². The Morgan fingerprint density at radius 1 is 1.26 bits per heavy atom. The van der Waals surface area contributed by atoms with Gasteiger partial charge in [0.05, 0.1) is 12.1 Å². The van der Waals surface area contributed by atoms with Crippen LogP contribution in [0.2, 0.25) is 0 Å². The number of benzene rings is 1. The number of nitrogens with two attached hydrogens (primary N) is 1. The van der Waals surface area contributed by atoms with Gasteiger partial charge in [-0.2, -0.15) is 5.10 Å². The zero-order valence-electron chi connectivity index (χ0n) is 10.3. The maximum Gasteiger partial charge on any atom is 0.137 e. The van der Waals surface area contributed by atoms with E-state index in [4.69, 9.17) is 5.73 Å². The number of aromatic nitrogens is 4. The summed E-state index contributed by atoms with van der Waals surface area (Å²) in [6, 6.07) is 7.51. The summed E-state index contributed by atoms with van der Waals surface area (Å²) < 4.78 is 1.87. The van der Waals surface area contributed by atoms with E-state index >= 15 is 0 Å². The number of rotatable bonds is 4. The maximum atomic E-state index is 5.80. The van der Waals surface area contributed by atoms with E-state index in [1.165, 1.54) is 0 Å². The van der Waals surface area contributed by atoms with Crippen molar-refractivity contribution < 1.29 is 0 Å². The summed E-state index contributed by atoms with van der Waals surface area (Å²) in [6.45, 7) is 1.52. The average molecular weight is 254 g/mol. The van der Waals surface area contributed by atoms with Crippen LogP contribution in [0, 0.1) is 0 Å². The molecular weight excluding hydrogens is 240 g/mol. The van der Waals surface area contributed by atoms with Gasteiger partial charge in [-0.25, -0.2) is 9.97 Å². The first-order valence-corrected chi connectivity index (χ1v) is 6.04. The van der Waals surface area contributed by atoms with Crippen molar-refractivity contribution in [3.05, 3.63) is 43.0 Å². The first kappa shape index (κ1) is 11.5. The molecule has 0 bridgehead atoms. The molecule has 0 atom stereocenters. The summed E-state index contributed by atoms with van der Waals surface area (Å²) >= 11 is 0. The van der Waals surface area contributed by atoms with Crippen LogP contribution in [0.5, 0.6) is 0 Å². The van der Waals surface area contributed by atoms with Crippen LogP contribution in [0.25, 0.3) is 10.9 Å². The van der Waals surface area contributed by atoms with Gasteiger partial charge in [-0.1, -0.05) is 0 Å². The predicted octanol–water partition coefficient (Wildman–Crippen LogP) is 1.52. The van der Waals surface area contributed by atoms with Crippen molar-refractivity contribution in [1.82, 2.24) is 19.7 Å². The van der Waals surface area contributed by atoms with Crippen molar-refractivity contribution >= 4 is 22.4 Å². The number of nitrogens with one attached hydrogen (secondary N) is 1. The zero-order chi connectivity index (χ0) is 13.1. The van der Waals surface area contributed by atoms with Gasteiger partial charge in [-0.05, 0) is 24.3 Å². The highest BCUT2D eigenvalue weighted by molar-refractivity contribution is 5.91. The monoisotopic (exact) mass is 254 g/mol. The van der Waals surface area contributed by atoms with Crippen LogP contribution in [0.4, 0.5) is 11.5 Å². The van der Waals surface area contributed by atoms with Crippen LogP contribution >= 0.6 is 0 Å². The van der Waals surface area contributed by atoms with E-state index < -0.39 is 0 Å². The first-order valence-electron chi connectivity index (χ1n) is 6.04. The Morgan fingerprint density at radius 3 is 3.05 bits per heavy atom. The molecule has 19 heavy (non-hydrogen) atoms. The lowest BCUT2D eigenvalue weighted by atomic mass is 10.2. The molecule has 3 aromatic rings. The summed E-state index contributed by atoms with van der Waals surface area (Å²) in [5.74, 6) is 0.796. The molecule has 2 aromatic heterocycles. The van der Waals surface area contributed by atoms with Crippen LogP contribution < -0.4 is 11.1 Å². The van der Waals surface area contributed by atoms with E-state index in [9.17, 15) is 0 Å². The number of fused-ring (bicyclic) bond motifs is 1. The Balaban J connectivity index is 1.78. The van der Waals surface area contributed by atoms with E-state index in [2.05, 4.69) is 20.4 Å². The predicted molar refractivity (Wildman–Crippen MR) is 74.7 cm³/mol. The van der Waals surface area contributed by atoms with Crippen molar-refractivity contribution in [2.45, 2.75) is 6.54 Å². The van der Waals surface area contributed by atoms with Gasteiger partial charge < -0.3 is 11.1 Å². The molecule has 6 nitrogen and oxygen atoms in total. The molecule has 0 saturated heterocycles. The van der Waals surface area contributed by atoms with Gasteiger partial charge in [0, 0.05) is 30.0 Å². The third-order valence-electron chi connectivity index (χ3n) is 2.85. The molecule has 0 aliphatic rings. The largest absolute Gasteiger partial charge is 0.399 e. The van der Waals surface area contributed by atoms with E-state index in [0.29, 0.717) is 5.69 Å². The Bertz CT molecular complexity index is 677. The topological polar surface area (TPSA) is 81.6 Å². The second-order valence-corrected chi connectivity index (χ2v) is 4.19. The van der Waals surface area contributed by atoms with Gasteiger partial charge in [0.15, 0.2) is 0 Å². The molecular formula is C13H14N6. The summed E-state index contributed by atoms with van der Waals surface area (Å²) in [5.41, 5.74) is 7.39. The molecule has 3 N–H and O–H groups in total. The fourth-order valence-electron chi connectivity index (χ4n) is 1.94. The molecule has 0 amide bonds. The summed E-state index contributed by atoms with van der Waals surface area (Å²) in [4.78, 5) is 8.48. The SMILES string of the molecule is Nc1ccc2ncnc(NCCn3cccn3)c2c1. The normalized spacial score (nSPS) is 10.7. The molecule has 0 fully saturated rings. The molecule has 2 heterocycles. The number of hydrogen-bond acceptors (Lipinski definition) is 5. The third kappa shape index (κ3) is 2.47. The van der Waals surface area contributed by atoms with Gasteiger partial charge in [0.1, 0.15) is 12.1 Å². The Kier molecular flexibility index (Phi) is 2.97. The fraction of sp³-hybridized carbons (Fsp3) is 0.154. The molecule has 1 aromatic carbocycles. The van der Waals surface area contributed by atoms with Crippen LogP contribution in [-0.4, -0.2) is 26.3 Å². The van der Waals surface area contributed by atoms with Gasteiger partial charge in [-0.15, -0.1) is 0 Å². The standard InChI is InChI=1S/C13H14N6/c14-10-2-3-12-11(8-10)13(17-9-16-12)15-5-7-19-6-1-4-18-19/h1-4,6,8-9H,5,7,14H2,(H,15,16,17). The molecule has 0 unspecified atom stereocenters. The van der Waals surface area contributed by atoms with E-state index in [1.807, 2.05) is 35.1 Å². The molecule has 0 aliphatic heterocycles. The van der Waals surface area contributed by atoms with Crippen LogP contribution in [-0.2, 0) is 6.54 Å². The van der Waals surface area contributed by atoms with Crippen molar-refractivity contribution in [3.8, 4) is 0 Å². The second kappa shape index (κ2) is 4.93. The molecule has 0 saturated carbocycles. The maximum absolute atomic E-state index is 5.80. The minimum atomic E-state index is 0.706. The van der Waals surface area contributed by atoms with Gasteiger partial charge >= 0.3 is 0 Å². The Hall–Kier alpha value is -2.63. The first-order chi connectivity index (χ1) is 9.33. The van der Waals surface area contributed by atoms with E-state index in [1.54, 1.807) is 12.5 Å². The van der Waals surface area contributed by atoms with Gasteiger partial charge in [0.25, 0.3) is 0 Å². The van der Waals surface area contributed by atoms with Crippen LogP contribution in [0.1, 0.15) is 0 Å². The second-order valence-electron chi connectivity index (χ2n) is 4.19. The lowest BCUT2D eigenvalue weighted by molar-refractivity contribution is 0.637. The van der Waals surface area contributed by atoms with Crippen molar-refractivity contribution in [3.63, 3.8) is 0 Å². The molecule has 3 rings (SSSR count). The fourth-order valence-corrected chi connectivity index (χ4v) is 1.94. The summed E-state index contributed by atoms with van der Waals surface area (Å²) in [5, 5.41) is 8.37. The molecule has 6 heteroatoms. The number of nitrogens with zero attached hydrogens (tertiary/aromatic N) is 4. The third-order valence-corrected chi connectivity index (χ3v) is 2.85. The molecule has 0 spiro atoms. The van der Waals surface area contributed by atoms with E-state index in [-0.39, 0.29) is 0 Å². The van der Waals surface area contributed by atoms with Gasteiger partial charge in [0.2, 0.25) is 0 Å². The molecule has 0 aliphatic carbocycles. The summed E-state index contributed by atoms with van der Waals surface area (Å²) in [7, 11) is 0. The van der Waals surface area contributed by atoms with Crippen LogP contribution in [0.3, 0.4) is 0 Å². The van der Waals surface area contributed by atoms with E-state index in [0.717, 1.165) is 29.8 Å². The number of anilines is 2. The highest BCUT2D eigenvalue weighted by atomic mass is 15.3. The minimum Gasteiger partial charge on any atom is -0.399 e. The zero-order valence-corrected chi connectivity index (χ0v) is 10.3.